The van der Waals surface area contributed by atoms with E-state index < -0.39 is 0 Å². The average Bonchev–Trinajstić information content (AvgIpc) is 3.27. The minimum atomic E-state index is 0.626. The second-order valence-electron chi connectivity index (χ2n) is 13.3. The second kappa shape index (κ2) is 14.8. The summed E-state index contributed by atoms with van der Waals surface area (Å²) in [6.45, 7) is 0. The van der Waals surface area contributed by atoms with Crippen LogP contribution >= 0.6 is 0 Å². The topological polar surface area (TPSA) is 38.7 Å². The molecule has 9 aromatic rings. The fourth-order valence-electron chi connectivity index (χ4n) is 6.94. The molecule has 1 heterocycles. The molecule has 0 N–H and O–H groups in total. The van der Waals surface area contributed by atoms with Gasteiger partial charge in [0.1, 0.15) is 0 Å². The lowest BCUT2D eigenvalue weighted by molar-refractivity contribution is 1.07. The van der Waals surface area contributed by atoms with Crippen LogP contribution in [0.25, 0.3) is 89.8 Å². The summed E-state index contributed by atoms with van der Waals surface area (Å²) < 4.78 is 0. The Balaban J connectivity index is 1.12. The van der Waals surface area contributed by atoms with Crippen LogP contribution < -0.4 is 0 Å². The Morgan fingerprint density at radius 3 is 1.02 bits per heavy atom. The largest absolute Gasteiger partial charge is 0.208 e. The zero-order valence-electron chi connectivity index (χ0n) is 29.5. The van der Waals surface area contributed by atoms with E-state index in [0.717, 1.165) is 38.9 Å². The van der Waals surface area contributed by atoms with Gasteiger partial charge in [-0.1, -0.05) is 200 Å². The minimum absolute atomic E-state index is 0.626. The number of nitrogens with zero attached hydrogens (tertiary/aromatic N) is 3. The van der Waals surface area contributed by atoms with E-state index in [1.54, 1.807) is 0 Å². The summed E-state index contributed by atoms with van der Waals surface area (Å²) in [5.74, 6) is 1.89. The molecule has 3 heteroatoms. The minimum Gasteiger partial charge on any atom is -0.208 e. The molecule has 0 aliphatic heterocycles. The lowest BCUT2D eigenvalue weighted by Gasteiger charge is -2.14. The van der Waals surface area contributed by atoms with Crippen LogP contribution in [0.5, 0.6) is 0 Å². The highest BCUT2D eigenvalue weighted by molar-refractivity contribution is 5.87. The molecule has 0 amide bonds. The highest BCUT2D eigenvalue weighted by atomic mass is 15.0. The third kappa shape index (κ3) is 6.87. The van der Waals surface area contributed by atoms with Gasteiger partial charge in [0.05, 0.1) is 0 Å². The molecule has 0 bridgehead atoms. The van der Waals surface area contributed by atoms with Crippen LogP contribution in [-0.4, -0.2) is 15.0 Å². The highest BCUT2D eigenvalue weighted by Crippen LogP contribution is 2.37. The van der Waals surface area contributed by atoms with Gasteiger partial charge in [-0.3, -0.25) is 0 Å². The predicted octanol–water partition coefficient (Wildman–Crippen LogP) is 13.2. The van der Waals surface area contributed by atoms with Crippen LogP contribution in [0.15, 0.2) is 212 Å². The SMILES string of the molecule is c1ccc(-c2ccc(-c3nc(-c4ccc(-c5ccc(-c6ccccc6)cc5-c5ccccc5)cc4)nc(-c4cccc(-c5ccccc5)c4)n3)cc2)cc1. The number of benzene rings is 8. The van der Waals surface area contributed by atoms with Crippen molar-refractivity contribution in [1.82, 2.24) is 15.0 Å². The molecule has 0 radical (unpaired) electrons. The number of aromatic nitrogens is 3. The number of hydrogen-bond donors (Lipinski definition) is 0. The Morgan fingerprint density at radius 1 is 0.185 bits per heavy atom. The molecule has 0 atom stereocenters. The van der Waals surface area contributed by atoms with Crippen molar-refractivity contribution < 1.29 is 0 Å². The van der Waals surface area contributed by atoms with Gasteiger partial charge in [-0.2, -0.15) is 0 Å². The molecule has 1 aromatic heterocycles. The Bertz CT molecular complexity index is 2660. The van der Waals surface area contributed by atoms with Gasteiger partial charge in [0.15, 0.2) is 17.5 Å². The van der Waals surface area contributed by atoms with Gasteiger partial charge >= 0.3 is 0 Å². The van der Waals surface area contributed by atoms with E-state index in [-0.39, 0.29) is 0 Å². The smallest absolute Gasteiger partial charge is 0.164 e. The van der Waals surface area contributed by atoms with Gasteiger partial charge in [0.2, 0.25) is 0 Å². The van der Waals surface area contributed by atoms with E-state index in [4.69, 9.17) is 15.0 Å². The van der Waals surface area contributed by atoms with E-state index in [2.05, 4.69) is 200 Å². The van der Waals surface area contributed by atoms with Crippen molar-refractivity contribution in [3.63, 3.8) is 0 Å². The molecule has 0 aliphatic rings. The predicted molar refractivity (Wildman–Crippen MR) is 223 cm³/mol. The fraction of sp³-hybridized carbons (Fsp3) is 0. The zero-order chi connectivity index (χ0) is 36.1. The molecule has 3 nitrogen and oxygen atoms in total. The molecule has 0 spiro atoms. The van der Waals surface area contributed by atoms with Crippen LogP contribution in [-0.2, 0) is 0 Å². The van der Waals surface area contributed by atoms with Gasteiger partial charge in [-0.05, 0) is 67.8 Å². The van der Waals surface area contributed by atoms with Crippen molar-refractivity contribution in [2.75, 3.05) is 0 Å². The van der Waals surface area contributed by atoms with Crippen molar-refractivity contribution >= 4 is 0 Å². The standard InChI is InChI=1S/C51H35N3/c1-5-14-36(15-6-1)39-24-28-42(29-25-39)49-52-50(54-51(53-49)46-23-13-22-44(34-46)37-16-7-2-8-17-37)43-30-26-41(27-31-43)47-33-32-45(38-18-9-3-10-19-38)35-48(47)40-20-11-4-12-21-40/h1-35H. The third-order valence-corrected chi connectivity index (χ3v) is 9.78. The number of hydrogen-bond acceptors (Lipinski definition) is 3. The van der Waals surface area contributed by atoms with E-state index in [1.807, 2.05) is 12.1 Å². The van der Waals surface area contributed by atoms with E-state index >= 15 is 0 Å². The molecule has 0 saturated heterocycles. The molecule has 0 unspecified atom stereocenters. The zero-order valence-corrected chi connectivity index (χ0v) is 29.5. The van der Waals surface area contributed by atoms with Gasteiger partial charge in [-0.15, -0.1) is 0 Å². The Kier molecular flexibility index (Phi) is 8.94. The van der Waals surface area contributed by atoms with E-state index in [1.165, 1.54) is 33.4 Å². The summed E-state index contributed by atoms with van der Waals surface area (Å²) in [5, 5.41) is 0. The van der Waals surface area contributed by atoms with Crippen LogP contribution in [0.4, 0.5) is 0 Å². The first-order valence-electron chi connectivity index (χ1n) is 18.2. The van der Waals surface area contributed by atoms with E-state index in [0.29, 0.717) is 17.5 Å². The lowest BCUT2D eigenvalue weighted by Crippen LogP contribution is -2.00. The highest BCUT2D eigenvalue weighted by Gasteiger charge is 2.15. The first-order valence-corrected chi connectivity index (χ1v) is 18.2. The van der Waals surface area contributed by atoms with Crippen molar-refractivity contribution in [2.24, 2.45) is 0 Å². The Morgan fingerprint density at radius 2 is 0.500 bits per heavy atom. The summed E-state index contributed by atoms with van der Waals surface area (Å²) in [7, 11) is 0. The van der Waals surface area contributed by atoms with Crippen LogP contribution in [0, 0.1) is 0 Å². The summed E-state index contributed by atoms with van der Waals surface area (Å²) in [6.07, 6.45) is 0. The Labute approximate surface area is 316 Å². The maximum Gasteiger partial charge on any atom is 0.164 e. The van der Waals surface area contributed by atoms with Gasteiger partial charge in [-0.25, -0.2) is 15.0 Å². The van der Waals surface area contributed by atoms with E-state index in [9.17, 15) is 0 Å². The van der Waals surface area contributed by atoms with Crippen molar-refractivity contribution in [2.45, 2.75) is 0 Å². The second-order valence-corrected chi connectivity index (χ2v) is 13.3. The first kappa shape index (κ1) is 32.7. The number of rotatable bonds is 8. The molecular formula is C51H35N3. The Hall–Kier alpha value is -7.23. The third-order valence-electron chi connectivity index (χ3n) is 9.78. The maximum atomic E-state index is 5.09. The molecule has 9 rings (SSSR count). The van der Waals surface area contributed by atoms with Crippen molar-refractivity contribution in [3.05, 3.63) is 212 Å². The quantitative estimate of drug-likeness (QED) is 0.159. The summed E-state index contributed by atoms with van der Waals surface area (Å²) in [4.78, 5) is 15.2. The average molecular weight is 690 g/mol. The van der Waals surface area contributed by atoms with Gasteiger partial charge in [0, 0.05) is 16.7 Å². The van der Waals surface area contributed by atoms with Crippen LogP contribution in [0.2, 0.25) is 0 Å². The van der Waals surface area contributed by atoms with Gasteiger partial charge < -0.3 is 0 Å². The molecule has 0 fully saturated rings. The van der Waals surface area contributed by atoms with Crippen molar-refractivity contribution in [1.29, 1.82) is 0 Å². The summed E-state index contributed by atoms with van der Waals surface area (Å²) >= 11 is 0. The molecule has 0 aliphatic carbocycles. The molecule has 8 aromatic carbocycles. The van der Waals surface area contributed by atoms with Gasteiger partial charge in [0.25, 0.3) is 0 Å². The summed E-state index contributed by atoms with van der Waals surface area (Å²) in [5.41, 5.74) is 14.4. The van der Waals surface area contributed by atoms with Crippen molar-refractivity contribution in [3.8, 4) is 89.8 Å². The molecule has 54 heavy (non-hydrogen) atoms. The molecule has 254 valence electrons. The summed E-state index contributed by atoms with van der Waals surface area (Å²) in [6, 6.07) is 74.2. The normalized spacial score (nSPS) is 11.0. The molecule has 0 saturated carbocycles. The monoisotopic (exact) mass is 689 g/mol. The van der Waals surface area contributed by atoms with Crippen LogP contribution in [0.1, 0.15) is 0 Å². The lowest BCUT2D eigenvalue weighted by atomic mass is 9.91. The first-order chi connectivity index (χ1) is 26.7. The van der Waals surface area contributed by atoms with Crippen LogP contribution in [0.3, 0.4) is 0 Å². The molecular weight excluding hydrogens is 655 g/mol. The fourth-order valence-corrected chi connectivity index (χ4v) is 6.94. The maximum absolute atomic E-state index is 5.09.